The minimum absolute atomic E-state index is 0.267. The van der Waals surface area contributed by atoms with E-state index in [1.54, 1.807) is 0 Å². The standard InChI is InChI=1S/C9H4F6O2/c10-4-1-3(6(11)8(13)7(4)12)9(14,15)2-5(16)17/h1H,2H2,(H,16,17). The molecule has 1 N–H and O–H groups in total. The largest absolute Gasteiger partial charge is 0.481 e. The third kappa shape index (κ3) is 2.51. The van der Waals surface area contributed by atoms with Crippen molar-refractivity contribution >= 4 is 5.97 Å². The first kappa shape index (κ1) is 13.3. The molecule has 17 heavy (non-hydrogen) atoms. The number of rotatable bonds is 3. The summed E-state index contributed by atoms with van der Waals surface area (Å²) in [6.07, 6.45) is -1.87. The van der Waals surface area contributed by atoms with Gasteiger partial charge >= 0.3 is 5.97 Å². The van der Waals surface area contributed by atoms with E-state index in [-0.39, 0.29) is 6.07 Å². The van der Waals surface area contributed by atoms with Gasteiger partial charge in [-0.25, -0.2) is 26.3 Å². The van der Waals surface area contributed by atoms with Gasteiger partial charge in [0.05, 0.1) is 5.56 Å². The van der Waals surface area contributed by atoms with Crippen LogP contribution in [0.2, 0.25) is 0 Å². The highest BCUT2D eigenvalue weighted by atomic mass is 19.3. The van der Waals surface area contributed by atoms with Crippen molar-refractivity contribution in [2.24, 2.45) is 0 Å². The lowest BCUT2D eigenvalue weighted by Crippen LogP contribution is -2.21. The lowest BCUT2D eigenvalue weighted by atomic mass is 10.0. The molecule has 0 amide bonds. The average molecular weight is 258 g/mol. The zero-order valence-corrected chi connectivity index (χ0v) is 7.91. The molecule has 1 aromatic rings. The molecule has 1 aromatic carbocycles. The van der Waals surface area contributed by atoms with E-state index in [1.165, 1.54) is 0 Å². The highest BCUT2D eigenvalue weighted by Crippen LogP contribution is 2.35. The Balaban J connectivity index is 3.37. The Morgan fingerprint density at radius 2 is 1.65 bits per heavy atom. The summed E-state index contributed by atoms with van der Waals surface area (Å²) in [6, 6.07) is -0.267. The van der Waals surface area contributed by atoms with E-state index in [2.05, 4.69) is 0 Å². The van der Waals surface area contributed by atoms with Crippen LogP contribution in [0.25, 0.3) is 0 Å². The molecule has 94 valence electrons. The lowest BCUT2D eigenvalue weighted by Gasteiger charge is -2.15. The van der Waals surface area contributed by atoms with E-state index in [0.717, 1.165) is 0 Å². The molecule has 0 aliphatic heterocycles. The van der Waals surface area contributed by atoms with Crippen LogP contribution in [-0.2, 0) is 10.7 Å². The maximum Gasteiger partial charge on any atom is 0.309 e. The van der Waals surface area contributed by atoms with E-state index < -0.39 is 47.1 Å². The van der Waals surface area contributed by atoms with Gasteiger partial charge in [-0.05, 0) is 6.07 Å². The summed E-state index contributed by atoms with van der Waals surface area (Å²) < 4.78 is 76.8. The fourth-order valence-electron chi connectivity index (χ4n) is 1.12. The second-order valence-corrected chi connectivity index (χ2v) is 3.12. The molecular formula is C9H4F6O2. The van der Waals surface area contributed by atoms with Crippen molar-refractivity contribution in [2.75, 3.05) is 0 Å². The highest BCUT2D eigenvalue weighted by Gasteiger charge is 2.40. The van der Waals surface area contributed by atoms with Crippen LogP contribution in [0.15, 0.2) is 6.07 Å². The third-order valence-corrected chi connectivity index (χ3v) is 1.87. The number of carboxylic acids is 1. The van der Waals surface area contributed by atoms with Gasteiger partial charge in [0.25, 0.3) is 5.92 Å². The number of carbonyl (C=O) groups is 1. The summed E-state index contributed by atoms with van der Waals surface area (Å²) in [5, 5.41) is 8.13. The Morgan fingerprint density at radius 1 is 1.12 bits per heavy atom. The molecule has 0 saturated carbocycles. The van der Waals surface area contributed by atoms with E-state index in [4.69, 9.17) is 5.11 Å². The minimum Gasteiger partial charge on any atom is -0.481 e. The predicted octanol–water partition coefficient (Wildman–Crippen LogP) is 2.81. The van der Waals surface area contributed by atoms with Gasteiger partial charge in [0.2, 0.25) is 0 Å². The van der Waals surface area contributed by atoms with E-state index >= 15 is 0 Å². The maximum atomic E-state index is 13.1. The smallest absolute Gasteiger partial charge is 0.309 e. The molecule has 0 aliphatic carbocycles. The monoisotopic (exact) mass is 258 g/mol. The molecule has 0 spiro atoms. The fourth-order valence-corrected chi connectivity index (χ4v) is 1.12. The Bertz CT molecular complexity index is 471. The summed E-state index contributed by atoms with van der Waals surface area (Å²) in [6.45, 7) is 0. The van der Waals surface area contributed by atoms with Crippen LogP contribution in [0.5, 0.6) is 0 Å². The van der Waals surface area contributed by atoms with Gasteiger partial charge in [0.1, 0.15) is 6.42 Å². The summed E-state index contributed by atoms with van der Waals surface area (Å²) in [5.74, 6) is -15.3. The van der Waals surface area contributed by atoms with E-state index in [9.17, 15) is 31.1 Å². The van der Waals surface area contributed by atoms with E-state index in [1.807, 2.05) is 0 Å². The van der Waals surface area contributed by atoms with Gasteiger partial charge < -0.3 is 5.11 Å². The van der Waals surface area contributed by atoms with Crippen LogP contribution in [0.4, 0.5) is 26.3 Å². The van der Waals surface area contributed by atoms with Crippen molar-refractivity contribution in [2.45, 2.75) is 12.3 Å². The molecular weight excluding hydrogens is 254 g/mol. The molecule has 1 rings (SSSR count). The zero-order valence-electron chi connectivity index (χ0n) is 7.91. The molecule has 0 aliphatic rings. The maximum absolute atomic E-state index is 13.1. The van der Waals surface area contributed by atoms with Gasteiger partial charge in [0, 0.05) is 0 Å². The van der Waals surface area contributed by atoms with Crippen molar-refractivity contribution in [1.82, 2.24) is 0 Å². The van der Waals surface area contributed by atoms with Gasteiger partial charge in [0.15, 0.2) is 23.3 Å². The van der Waals surface area contributed by atoms with Crippen LogP contribution in [-0.4, -0.2) is 11.1 Å². The second-order valence-electron chi connectivity index (χ2n) is 3.12. The second kappa shape index (κ2) is 4.27. The first-order valence-electron chi connectivity index (χ1n) is 4.10. The minimum atomic E-state index is -4.34. The van der Waals surface area contributed by atoms with Crippen LogP contribution >= 0.6 is 0 Å². The average Bonchev–Trinajstić information content (AvgIpc) is 2.18. The number of aliphatic carboxylic acids is 1. The quantitative estimate of drug-likeness (QED) is 0.514. The summed E-state index contributed by atoms with van der Waals surface area (Å²) in [5.41, 5.74) is -1.84. The van der Waals surface area contributed by atoms with Gasteiger partial charge in [-0.15, -0.1) is 0 Å². The third-order valence-electron chi connectivity index (χ3n) is 1.87. The van der Waals surface area contributed by atoms with Crippen molar-refractivity contribution in [3.63, 3.8) is 0 Å². The number of carboxylic acid groups (broad SMARTS) is 1. The molecule has 0 aromatic heterocycles. The first-order valence-corrected chi connectivity index (χ1v) is 4.10. The molecule has 8 heteroatoms. The van der Waals surface area contributed by atoms with Crippen LogP contribution in [0.3, 0.4) is 0 Å². The molecule has 0 radical (unpaired) electrons. The first-order chi connectivity index (χ1) is 7.66. The van der Waals surface area contributed by atoms with E-state index in [0.29, 0.717) is 0 Å². The summed E-state index contributed by atoms with van der Waals surface area (Å²) in [7, 11) is 0. The lowest BCUT2D eigenvalue weighted by molar-refractivity contribution is -0.145. The Kier molecular flexibility index (Phi) is 3.35. The van der Waals surface area contributed by atoms with Crippen LogP contribution < -0.4 is 0 Å². The topological polar surface area (TPSA) is 37.3 Å². The fraction of sp³-hybridized carbons (Fsp3) is 0.222. The Hall–Kier alpha value is -1.73. The molecule has 0 fully saturated rings. The number of hydrogen-bond acceptors (Lipinski definition) is 1. The predicted molar refractivity (Wildman–Crippen MR) is 42.4 cm³/mol. The van der Waals surface area contributed by atoms with Gasteiger partial charge in [-0.1, -0.05) is 0 Å². The molecule has 0 heterocycles. The SMILES string of the molecule is O=C(O)CC(F)(F)c1cc(F)c(F)c(F)c1F. The van der Waals surface area contributed by atoms with Crippen molar-refractivity contribution in [3.8, 4) is 0 Å². The Labute approximate surface area is 90.5 Å². The summed E-state index contributed by atoms with van der Waals surface area (Å²) >= 11 is 0. The molecule has 0 bridgehead atoms. The van der Waals surface area contributed by atoms with Gasteiger partial charge in [-0.2, -0.15) is 0 Å². The normalized spacial score (nSPS) is 11.6. The van der Waals surface area contributed by atoms with Crippen LogP contribution in [0, 0.1) is 23.3 Å². The van der Waals surface area contributed by atoms with Crippen molar-refractivity contribution < 1.29 is 36.2 Å². The number of alkyl halides is 2. The number of benzene rings is 1. The van der Waals surface area contributed by atoms with Crippen LogP contribution in [0.1, 0.15) is 12.0 Å². The summed E-state index contributed by atoms with van der Waals surface area (Å²) in [4.78, 5) is 10.1. The molecule has 2 nitrogen and oxygen atoms in total. The van der Waals surface area contributed by atoms with Crippen molar-refractivity contribution in [3.05, 3.63) is 34.9 Å². The van der Waals surface area contributed by atoms with Gasteiger partial charge in [-0.3, -0.25) is 4.79 Å². The molecule has 0 unspecified atom stereocenters. The van der Waals surface area contributed by atoms with Crippen molar-refractivity contribution in [1.29, 1.82) is 0 Å². The molecule has 0 atom stereocenters. The number of hydrogen-bond donors (Lipinski definition) is 1. The number of halogens is 6. The zero-order chi connectivity index (χ0) is 13.4. The highest BCUT2D eigenvalue weighted by molar-refractivity contribution is 5.68. The molecule has 0 saturated heterocycles. The Morgan fingerprint density at radius 3 is 2.12 bits per heavy atom.